The van der Waals surface area contributed by atoms with Crippen LogP contribution in [-0.2, 0) is 22.8 Å². The van der Waals surface area contributed by atoms with Crippen LogP contribution in [0.15, 0.2) is 69.5 Å². The van der Waals surface area contributed by atoms with E-state index in [-0.39, 0.29) is 18.7 Å². The van der Waals surface area contributed by atoms with Crippen LogP contribution in [0, 0.1) is 0 Å². The molecule has 0 atom stereocenters. The zero-order chi connectivity index (χ0) is 20.1. The molecule has 0 bridgehead atoms. The monoisotopic (exact) mass is 425 g/mol. The van der Waals surface area contributed by atoms with Crippen LogP contribution in [0.5, 0.6) is 0 Å². The summed E-state index contributed by atoms with van der Waals surface area (Å²) >= 11 is 1.54. The van der Waals surface area contributed by atoms with E-state index < -0.39 is 26.4 Å². The van der Waals surface area contributed by atoms with E-state index in [1.54, 1.807) is 12.1 Å². The topological polar surface area (TPSA) is 67.6 Å². The van der Waals surface area contributed by atoms with Crippen molar-refractivity contribution < 1.29 is 26.4 Å². The fourth-order valence-electron chi connectivity index (χ4n) is 2.70. The van der Waals surface area contributed by atoms with Gasteiger partial charge in [-0.25, -0.2) is 8.42 Å². The molecule has 3 rings (SSSR count). The number of carbonyl (C=O) groups excluding carboxylic acids is 1. The quantitative estimate of drug-likeness (QED) is 0.542. The second kappa shape index (κ2) is 8.66. The average Bonchev–Trinajstić information content (AvgIpc) is 3.38. The Morgan fingerprint density at radius 1 is 1.11 bits per heavy atom. The molecule has 3 aromatic rings. The van der Waals surface area contributed by atoms with Crippen LogP contribution >= 0.6 is 11.3 Å². The highest BCUT2D eigenvalue weighted by Gasteiger charge is 2.32. The Kier molecular flexibility index (Phi) is 6.25. The summed E-state index contributed by atoms with van der Waals surface area (Å²) in [5, 5.41) is 1.92. The molecule has 0 aliphatic heterocycles. The average molecular weight is 425 g/mol. The first-order valence-corrected chi connectivity index (χ1v) is 10.8. The van der Waals surface area contributed by atoms with Gasteiger partial charge in [-0.3, -0.25) is 4.79 Å². The molecule has 0 aliphatic rings. The largest absolute Gasteiger partial charge is 0.467 e. The predicted molar refractivity (Wildman–Crippen MR) is 101 cm³/mol. The van der Waals surface area contributed by atoms with Crippen LogP contribution < -0.4 is 0 Å². The zero-order valence-corrected chi connectivity index (χ0v) is 16.3. The SMILES string of the molecule is O=C(c1ccccc1S(=O)(=O)C(F)F)N(CCc1cccs1)Cc1ccco1. The third kappa shape index (κ3) is 4.48. The predicted octanol–water partition coefficient (Wildman–Crippen LogP) is 4.22. The van der Waals surface area contributed by atoms with Crippen molar-refractivity contribution in [2.75, 3.05) is 6.54 Å². The standard InChI is InChI=1S/C19H17F2NO4S2/c20-19(21)28(24,25)17-8-2-1-7-16(17)18(23)22(13-14-5-3-11-26-14)10-9-15-6-4-12-27-15/h1-8,11-12,19H,9-10,13H2. The van der Waals surface area contributed by atoms with Crippen molar-refractivity contribution in [2.24, 2.45) is 0 Å². The molecule has 0 saturated heterocycles. The number of furan rings is 1. The lowest BCUT2D eigenvalue weighted by molar-refractivity contribution is 0.0730. The van der Waals surface area contributed by atoms with Crippen LogP contribution in [-0.4, -0.2) is 31.5 Å². The first-order valence-electron chi connectivity index (χ1n) is 8.34. The molecule has 0 radical (unpaired) electrons. The molecule has 2 aromatic heterocycles. The molecule has 1 amide bonds. The lowest BCUT2D eigenvalue weighted by atomic mass is 10.2. The molecule has 2 heterocycles. The normalized spacial score (nSPS) is 11.7. The van der Waals surface area contributed by atoms with Crippen molar-refractivity contribution in [3.8, 4) is 0 Å². The smallest absolute Gasteiger partial charge is 0.341 e. The van der Waals surface area contributed by atoms with Gasteiger partial charge in [-0.2, -0.15) is 8.78 Å². The molecule has 0 spiro atoms. The number of rotatable bonds is 8. The maximum Gasteiger partial charge on any atom is 0.341 e. The molecular formula is C19H17F2NO4S2. The van der Waals surface area contributed by atoms with E-state index in [9.17, 15) is 22.0 Å². The van der Waals surface area contributed by atoms with Gasteiger partial charge in [-0.1, -0.05) is 18.2 Å². The van der Waals surface area contributed by atoms with E-state index in [0.717, 1.165) is 10.9 Å². The number of sulfone groups is 1. The van der Waals surface area contributed by atoms with E-state index in [4.69, 9.17) is 4.42 Å². The van der Waals surface area contributed by atoms with Gasteiger partial charge >= 0.3 is 5.76 Å². The summed E-state index contributed by atoms with van der Waals surface area (Å²) in [5.41, 5.74) is -0.277. The number of nitrogens with zero attached hydrogens (tertiary/aromatic N) is 1. The van der Waals surface area contributed by atoms with Gasteiger partial charge in [-0.05, 0) is 42.1 Å². The van der Waals surface area contributed by atoms with E-state index in [0.29, 0.717) is 12.2 Å². The maximum absolute atomic E-state index is 13.1. The van der Waals surface area contributed by atoms with Gasteiger partial charge < -0.3 is 9.32 Å². The first kappa shape index (κ1) is 20.2. The summed E-state index contributed by atoms with van der Waals surface area (Å²) in [6.07, 6.45) is 2.01. The first-order chi connectivity index (χ1) is 13.4. The van der Waals surface area contributed by atoms with E-state index in [2.05, 4.69) is 0 Å². The Labute approximate surface area is 165 Å². The van der Waals surface area contributed by atoms with Crippen LogP contribution in [0.3, 0.4) is 0 Å². The van der Waals surface area contributed by atoms with Crippen molar-refractivity contribution in [2.45, 2.75) is 23.6 Å². The number of hydrogen-bond donors (Lipinski definition) is 0. The van der Waals surface area contributed by atoms with Crippen LogP contribution in [0.25, 0.3) is 0 Å². The lowest BCUT2D eigenvalue weighted by Gasteiger charge is -2.23. The van der Waals surface area contributed by atoms with Crippen molar-refractivity contribution in [1.82, 2.24) is 4.90 Å². The third-order valence-electron chi connectivity index (χ3n) is 4.08. The van der Waals surface area contributed by atoms with E-state index >= 15 is 0 Å². The Morgan fingerprint density at radius 3 is 2.54 bits per heavy atom. The summed E-state index contributed by atoms with van der Waals surface area (Å²) in [6, 6.07) is 12.2. The van der Waals surface area contributed by atoms with Gasteiger partial charge in [0.25, 0.3) is 5.91 Å². The number of hydrogen-bond acceptors (Lipinski definition) is 5. The van der Waals surface area contributed by atoms with Crippen LogP contribution in [0.4, 0.5) is 8.78 Å². The van der Waals surface area contributed by atoms with Crippen molar-refractivity contribution in [3.63, 3.8) is 0 Å². The van der Waals surface area contributed by atoms with Gasteiger partial charge in [0, 0.05) is 11.4 Å². The Hall–Kier alpha value is -2.52. The molecule has 0 unspecified atom stereocenters. The van der Waals surface area contributed by atoms with Crippen molar-refractivity contribution >= 4 is 27.1 Å². The van der Waals surface area contributed by atoms with Gasteiger partial charge in [0.05, 0.1) is 23.3 Å². The molecule has 0 fully saturated rings. The minimum atomic E-state index is -4.91. The third-order valence-corrected chi connectivity index (χ3v) is 6.46. The summed E-state index contributed by atoms with van der Waals surface area (Å²) in [6.45, 7) is 0.378. The highest BCUT2D eigenvalue weighted by atomic mass is 32.2. The second-order valence-electron chi connectivity index (χ2n) is 5.94. The van der Waals surface area contributed by atoms with E-state index in [1.165, 1.54) is 40.7 Å². The molecule has 9 heteroatoms. The van der Waals surface area contributed by atoms with Gasteiger partial charge in [-0.15, -0.1) is 11.3 Å². The van der Waals surface area contributed by atoms with Crippen molar-refractivity contribution in [1.29, 1.82) is 0 Å². The maximum atomic E-state index is 13.1. The summed E-state index contributed by atoms with van der Waals surface area (Å²) in [5.74, 6) is -3.74. The van der Waals surface area contributed by atoms with E-state index in [1.807, 2.05) is 17.5 Å². The molecule has 148 valence electrons. The molecule has 1 aromatic carbocycles. The number of carbonyl (C=O) groups is 1. The molecule has 0 N–H and O–H groups in total. The fourth-order valence-corrected chi connectivity index (χ4v) is 4.32. The second-order valence-corrected chi connectivity index (χ2v) is 8.86. The number of halogens is 2. The Morgan fingerprint density at radius 2 is 1.89 bits per heavy atom. The molecule has 0 saturated carbocycles. The highest BCUT2D eigenvalue weighted by Crippen LogP contribution is 2.24. The Bertz CT molecular complexity index is 1020. The Balaban J connectivity index is 1.92. The van der Waals surface area contributed by atoms with Crippen LogP contribution in [0.1, 0.15) is 21.0 Å². The summed E-state index contributed by atoms with van der Waals surface area (Å²) in [4.78, 5) is 14.9. The minimum Gasteiger partial charge on any atom is -0.467 e. The van der Waals surface area contributed by atoms with Gasteiger partial charge in [0.2, 0.25) is 9.84 Å². The molecular weight excluding hydrogens is 408 g/mol. The number of benzene rings is 1. The fraction of sp³-hybridized carbons (Fsp3) is 0.211. The molecule has 5 nitrogen and oxygen atoms in total. The number of amides is 1. The molecule has 28 heavy (non-hydrogen) atoms. The molecule has 0 aliphatic carbocycles. The van der Waals surface area contributed by atoms with Gasteiger partial charge in [0.1, 0.15) is 5.76 Å². The minimum absolute atomic E-state index is 0.0975. The number of thiophene rings is 1. The highest BCUT2D eigenvalue weighted by molar-refractivity contribution is 7.91. The summed E-state index contributed by atoms with van der Waals surface area (Å²) < 4.78 is 55.4. The van der Waals surface area contributed by atoms with Crippen LogP contribution in [0.2, 0.25) is 0 Å². The number of alkyl halides is 2. The van der Waals surface area contributed by atoms with Gasteiger partial charge in [0.15, 0.2) is 0 Å². The van der Waals surface area contributed by atoms with Crippen molar-refractivity contribution in [3.05, 3.63) is 76.4 Å². The lowest BCUT2D eigenvalue weighted by Crippen LogP contribution is -2.33. The summed E-state index contributed by atoms with van der Waals surface area (Å²) in [7, 11) is -4.91. The zero-order valence-electron chi connectivity index (χ0n) is 14.6.